The molecule has 2 aromatic rings. The number of rotatable bonds is 2. The molecule has 17 heavy (non-hydrogen) atoms. The van der Waals surface area contributed by atoms with E-state index in [-0.39, 0.29) is 0 Å². The molecule has 0 N–H and O–H groups in total. The molecule has 0 aliphatic carbocycles. The van der Waals surface area contributed by atoms with Crippen molar-refractivity contribution in [1.82, 2.24) is 14.5 Å². The fourth-order valence-corrected chi connectivity index (χ4v) is 2.44. The fraction of sp³-hybridized carbons (Fsp3) is 0.333. The van der Waals surface area contributed by atoms with Gasteiger partial charge in [-0.2, -0.15) is 0 Å². The first-order valence-corrected chi connectivity index (χ1v) is 6.13. The van der Waals surface area contributed by atoms with E-state index in [0.717, 1.165) is 24.6 Å². The second-order valence-corrected chi connectivity index (χ2v) is 4.48. The molecule has 0 unspecified atom stereocenters. The Morgan fingerprint density at radius 1 is 1.06 bits per heavy atom. The van der Waals surface area contributed by atoms with Crippen LogP contribution in [0.3, 0.4) is 0 Å². The van der Waals surface area contributed by atoms with Crippen LogP contribution in [0.25, 0.3) is 5.69 Å². The molecule has 3 heterocycles. The molecule has 0 bridgehead atoms. The molecule has 0 radical (unpaired) electrons. The first-order chi connectivity index (χ1) is 8.36. The van der Waals surface area contributed by atoms with Gasteiger partial charge < -0.3 is 9.47 Å². The number of halogens is 1. The summed E-state index contributed by atoms with van der Waals surface area (Å²) in [4.78, 5) is 10.7. The minimum absolute atomic E-state index is 0.498. The predicted molar refractivity (Wildman–Crippen MR) is 67.8 cm³/mol. The Morgan fingerprint density at radius 3 is 2.47 bits per heavy atom. The molecule has 0 spiro atoms. The maximum absolute atomic E-state index is 6.20. The van der Waals surface area contributed by atoms with Crippen LogP contribution in [0.4, 0.5) is 5.82 Å². The summed E-state index contributed by atoms with van der Waals surface area (Å²) in [5.41, 5.74) is 0.876. The lowest BCUT2D eigenvalue weighted by molar-refractivity contribution is 0.900. The van der Waals surface area contributed by atoms with E-state index in [1.54, 1.807) is 0 Å². The lowest BCUT2D eigenvalue weighted by Crippen LogP contribution is -2.21. The van der Waals surface area contributed by atoms with Crippen molar-refractivity contribution < 1.29 is 0 Å². The van der Waals surface area contributed by atoms with Crippen molar-refractivity contribution in [2.45, 2.75) is 12.8 Å². The van der Waals surface area contributed by atoms with Crippen molar-refractivity contribution in [2.75, 3.05) is 18.0 Å². The first-order valence-electron chi connectivity index (χ1n) is 5.75. The summed E-state index contributed by atoms with van der Waals surface area (Å²) in [6.07, 6.45) is 7.89. The first kappa shape index (κ1) is 10.6. The molecule has 5 heteroatoms. The van der Waals surface area contributed by atoms with E-state index in [1.807, 2.05) is 29.1 Å². The van der Waals surface area contributed by atoms with Gasteiger partial charge in [-0.1, -0.05) is 11.6 Å². The van der Waals surface area contributed by atoms with Crippen molar-refractivity contribution in [3.05, 3.63) is 36.0 Å². The Morgan fingerprint density at radius 2 is 1.76 bits per heavy atom. The molecule has 1 saturated heterocycles. The Bertz CT molecular complexity index is 503. The minimum Gasteiger partial charge on any atom is -0.355 e. The highest BCUT2D eigenvalue weighted by Crippen LogP contribution is 2.29. The quantitative estimate of drug-likeness (QED) is 0.766. The molecule has 0 amide bonds. The van der Waals surface area contributed by atoms with Gasteiger partial charge in [0, 0.05) is 25.5 Å². The summed E-state index contributed by atoms with van der Waals surface area (Å²) in [6.45, 7) is 2.09. The molecular weight excluding hydrogens is 236 g/mol. The van der Waals surface area contributed by atoms with E-state index in [2.05, 4.69) is 14.9 Å². The topological polar surface area (TPSA) is 34.0 Å². The number of anilines is 1. The van der Waals surface area contributed by atoms with Gasteiger partial charge in [0.1, 0.15) is 12.0 Å². The van der Waals surface area contributed by atoms with E-state index < -0.39 is 0 Å². The zero-order valence-electron chi connectivity index (χ0n) is 9.38. The van der Waals surface area contributed by atoms with Gasteiger partial charge in [0.05, 0.1) is 0 Å². The number of hydrogen-bond donors (Lipinski definition) is 0. The molecule has 88 valence electrons. The second-order valence-electron chi connectivity index (χ2n) is 4.12. The zero-order chi connectivity index (χ0) is 11.7. The Hall–Kier alpha value is -1.55. The molecule has 4 nitrogen and oxygen atoms in total. The van der Waals surface area contributed by atoms with Gasteiger partial charge in [-0.15, -0.1) is 0 Å². The van der Waals surface area contributed by atoms with Crippen LogP contribution in [0.5, 0.6) is 0 Å². The SMILES string of the molecule is Clc1ncnc(N2CCCC2)c1-n1cccc1. The third kappa shape index (κ3) is 1.89. The van der Waals surface area contributed by atoms with Gasteiger partial charge in [0.15, 0.2) is 11.0 Å². The normalized spacial score (nSPS) is 15.5. The van der Waals surface area contributed by atoms with Gasteiger partial charge in [0.2, 0.25) is 0 Å². The van der Waals surface area contributed by atoms with Crippen molar-refractivity contribution in [2.24, 2.45) is 0 Å². The molecular formula is C12H13ClN4. The maximum atomic E-state index is 6.20. The van der Waals surface area contributed by atoms with Crippen LogP contribution >= 0.6 is 11.6 Å². The second kappa shape index (κ2) is 4.37. The average molecular weight is 249 g/mol. The maximum Gasteiger partial charge on any atom is 0.158 e. The Labute approximate surface area is 105 Å². The van der Waals surface area contributed by atoms with Crippen LogP contribution in [-0.4, -0.2) is 27.6 Å². The molecule has 1 fully saturated rings. The summed E-state index contributed by atoms with van der Waals surface area (Å²) in [5, 5.41) is 0.498. The van der Waals surface area contributed by atoms with Crippen LogP contribution in [0.15, 0.2) is 30.9 Å². The van der Waals surface area contributed by atoms with E-state index in [9.17, 15) is 0 Å². The number of aromatic nitrogens is 3. The van der Waals surface area contributed by atoms with E-state index in [1.165, 1.54) is 19.2 Å². The van der Waals surface area contributed by atoms with Crippen molar-refractivity contribution in [1.29, 1.82) is 0 Å². The third-order valence-corrected chi connectivity index (χ3v) is 3.30. The van der Waals surface area contributed by atoms with E-state index >= 15 is 0 Å². The smallest absolute Gasteiger partial charge is 0.158 e. The molecule has 1 aliphatic heterocycles. The van der Waals surface area contributed by atoms with Gasteiger partial charge in [-0.05, 0) is 25.0 Å². The molecule has 0 saturated carbocycles. The third-order valence-electron chi connectivity index (χ3n) is 3.03. The summed E-state index contributed by atoms with van der Waals surface area (Å²) in [7, 11) is 0. The molecule has 0 aromatic carbocycles. The number of nitrogens with zero attached hydrogens (tertiary/aromatic N) is 4. The molecule has 2 aromatic heterocycles. The highest BCUT2D eigenvalue weighted by atomic mass is 35.5. The van der Waals surface area contributed by atoms with Crippen LogP contribution in [0, 0.1) is 0 Å². The van der Waals surface area contributed by atoms with Crippen LogP contribution in [0.2, 0.25) is 5.15 Å². The van der Waals surface area contributed by atoms with Gasteiger partial charge in [-0.3, -0.25) is 0 Å². The highest BCUT2D eigenvalue weighted by molar-refractivity contribution is 6.31. The lowest BCUT2D eigenvalue weighted by Gasteiger charge is -2.20. The predicted octanol–water partition coefficient (Wildman–Crippen LogP) is 2.52. The average Bonchev–Trinajstić information content (AvgIpc) is 3.02. The van der Waals surface area contributed by atoms with Gasteiger partial charge in [0.25, 0.3) is 0 Å². The van der Waals surface area contributed by atoms with Crippen LogP contribution < -0.4 is 4.90 Å². The molecule has 1 aliphatic rings. The van der Waals surface area contributed by atoms with Crippen molar-refractivity contribution in [3.8, 4) is 5.69 Å². The summed E-state index contributed by atoms with van der Waals surface area (Å²) < 4.78 is 1.97. The number of hydrogen-bond acceptors (Lipinski definition) is 3. The highest BCUT2D eigenvalue weighted by Gasteiger charge is 2.20. The minimum atomic E-state index is 0.498. The van der Waals surface area contributed by atoms with E-state index in [4.69, 9.17) is 11.6 Å². The monoisotopic (exact) mass is 248 g/mol. The van der Waals surface area contributed by atoms with Crippen LogP contribution in [-0.2, 0) is 0 Å². The molecule has 0 atom stereocenters. The van der Waals surface area contributed by atoms with Crippen LogP contribution in [0.1, 0.15) is 12.8 Å². The standard InChI is InChI=1S/C12H13ClN4/c13-11-10(16-5-1-2-6-16)12(15-9-14-11)17-7-3-4-8-17/h1-2,5-6,9H,3-4,7-8H2. The van der Waals surface area contributed by atoms with Gasteiger partial charge in [-0.25, -0.2) is 9.97 Å². The fourth-order valence-electron chi connectivity index (χ4n) is 2.21. The van der Waals surface area contributed by atoms with Crippen molar-refractivity contribution >= 4 is 17.4 Å². The zero-order valence-corrected chi connectivity index (χ0v) is 10.1. The summed E-state index contributed by atoms with van der Waals surface area (Å²) in [6, 6.07) is 3.94. The summed E-state index contributed by atoms with van der Waals surface area (Å²) >= 11 is 6.20. The van der Waals surface area contributed by atoms with Gasteiger partial charge >= 0.3 is 0 Å². The Kier molecular flexibility index (Phi) is 2.73. The van der Waals surface area contributed by atoms with E-state index in [0.29, 0.717) is 5.15 Å². The lowest BCUT2D eigenvalue weighted by atomic mass is 10.4. The van der Waals surface area contributed by atoms with Crippen molar-refractivity contribution in [3.63, 3.8) is 0 Å². The molecule has 3 rings (SSSR count). The Balaban J connectivity index is 2.11. The summed E-state index contributed by atoms with van der Waals surface area (Å²) in [5.74, 6) is 0.929. The largest absolute Gasteiger partial charge is 0.355 e.